The molecule has 2 fully saturated rings. The molecule has 3 unspecified atom stereocenters. The molecule has 0 radical (unpaired) electrons. The Morgan fingerprint density at radius 1 is 1.50 bits per heavy atom. The Morgan fingerprint density at radius 3 is 2.50 bits per heavy atom. The van der Waals surface area contributed by atoms with E-state index < -0.39 is 33.2 Å². The van der Waals surface area contributed by atoms with E-state index >= 15 is 0 Å². The van der Waals surface area contributed by atoms with Gasteiger partial charge in [-0.25, -0.2) is 17.6 Å². The SMILES string of the molecule is CC(C)(F)C(=O)OC1OC2CC1CS2(=O)=O. The molecule has 7 heteroatoms. The zero-order chi connectivity index (χ0) is 12.1. The van der Waals surface area contributed by atoms with Crippen LogP contribution in [0.3, 0.4) is 0 Å². The maximum Gasteiger partial charge on any atom is 0.345 e. The summed E-state index contributed by atoms with van der Waals surface area (Å²) in [5.41, 5.74) is -2.98. The first kappa shape index (κ1) is 11.8. The summed E-state index contributed by atoms with van der Waals surface area (Å²) in [7, 11) is -3.20. The number of sulfone groups is 1. The van der Waals surface area contributed by atoms with Crippen molar-refractivity contribution in [3.05, 3.63) is 0 Å². The van der Waals surface area contributed by atoms with E-state index in [0.717, 1.165) is 13.8 Å². The molecule has 2 heterocycles. The summed E-state index contributed by atoms with van der Waals surface area (Å²) >= 11 is 0. The molecule has 0 N–H and O–H groups in total. The number of rotatable bonds is 2. The molecular formula is C9H13FO5S. The fourth-order valence-electron chi connectivity index (χ4n) is 1.83. The smallest absolute Gasteiger partial charge is 0.345 e. The fourth-order valence-corrected chi connectivity index (χ4v) is 3.75. The van der Waals surface area contributed by atoms with E-state index in [-0.39, 0.29) is 11.7 Å². The second-order valence-corrected chi connectivity index (χ2v) is 6.82. The summed E-state index contributed by atoms with van der Waals surface area (Å²) in [4.78, 5) is 11.2. The molecule has 0 saturated carbocycles. The zero-order valence-corrected chi connectivity index (χ0v) is 9.79. The van der Waals surface area contributed by atoms with Crippen molar-refractivity contribution in [3.8, 4) is 0 Å². The maximum atomic E-state index is 13.2. The second kappa shape index (κ2) is 3.40. The molecule has 2 rings (SSSR count). The number of carbonyl (C=O) groups excluding carboxylic acids is 1. The van der Waals surface area contributed by atoms with E-state index in [1.165, 1.54) is 0 Å². The van der Waals surface area contributed by atoms with Crippen molar-refractivity contribution in [3.63, 3.8) is 0 Å². The average Bonchev–Trinajstić information content (AvgIpc) is 2.57. The number of esters is 1. The molecule has 0 aliphatic carbocycles. The molecule has 16 heavy (non-hydrogen) atoms. The molecule has 0 aromatic rings. The maximum absolute atomic E-state index is 13.2. The summed E-state index contributed by atoms with van der Waals surface area (Å²) in [6.45, 7) is 2.17. The highest BCUT2D eigenvalue weighted by atomic mass is 32.2. The second-order valence-electron chi connectivity index (χ2n) is 4.64. The Balaban J connectivity index is 2.00. The quantitative estimate of drug-likeness (QED) is 0.665. The molecule has 2 aliphatic heterocycles. The summed E-state index contributed by atoms with van der Waals surface area (Å²) in [5, 5.41) is 0. The van der Waals surface area contributed by atoms with Crippen molar-refractivity contribution >= 4 is 15.8 Å². The summed E-state index contributed by atoms with van der Waals surface area (Å²) in [6, 6.07) is 0. The number of halogens is 1. The van der Waals surface area contributed by atoms with Crippen LogP contribution >= 0.6 is 0 Å². The van der Waals surface area contributed by atoms with Crippen LogP contribution in [0.5, 0.6) is 0 Å². The van der Waals surface area contributed by atoms with Crippen LogP contribution in [0.4, 0.5) is 4.39 Å². The van der Waals surface area contributed by atoms with Gasteiger partial charge < -0.3 is 9.47 Å². The van der Waals surface area contributed by atoms with Gasteiger partial charge in [0.1, 0.15) is 0 Å². The van der Waals surface area contributed by atoms with Crippen LogP contribution in [0, 0.1) is 5.92 Å². The number of ether oxygens (including phenoxy) is 2. The Labute approximate surface area is 92.8 Å². The molecule has 92 valence electrons. The predicted molar refractivity (Wildman–Crippen MR) is 51.8 cm³/mol. The summed E-state index contributed by atoms with van der Waals surface area (Å²) in [6.07, 6.45) is -0.594. The first-order valence-electron chi connectivity index (χ1n) is 4.97. The molecule has 2 bridgehead atoms. The number of fused-ring (bicyclic) bond motifs is 2. The lowest BCUT2D eigenvalue weighted by Crippen LogP contribution is -2.39. The van der Waals surface area contributed by atoms with Crippen LogP contribution in [-0.2, 0) is 24.1 Å². The highest BCUT2D eigenvalue weighted by Crippen LogP contribution is 2.39. The van der Waals surface area contributed by atoms with E-state index in [1.807, 2.05) is 0 Å². The van der Waals surface area contributed by atoms with Crippen molar-refractivity contribution in [1.82, 2.24) is 0 Å². The molecule has 0 amide bonds. The van der Waals surface area contributed by atoms with Gasteiger partial charge in [0.25, 0.3) is 0 Å². The van der Waals surface area contributed by atoms with Gasteiger partial charge in [-0.2, -0.15) is 0 Å². The molecule has 0 aromatic carbocycles. The third-order valence-electron chi connectivity index (χ3n) is 2.72. The first-order chi connectivity index (χ1) is 7.20. The lowest BCUT2D eigenvalue weighted by atomic mass is 10.1. The van der Waals surface area contributed by atoms with Crippen molar-refractivity contribution in [2.75, 3.05) is 5.75 Å². The Hall–Kier alpha value is -0.690. The highest BCUT2D eigenvalue weighted by molar-refractivity contribution is 7.92. The van der Waals surface area contributed by atoms with E-state index in [2.05, 4.69) is 0 Å². The van der Waals surface area contributed by atoms with Crippen molar-refractivity contribution < 1.29 is 27.1 Å². The van der Waals surface area contributed by atoms with Gasteiger partial charge in [0.05, 0.1) is 5.75 Å². The lowest BCUT2D eigenvalue weighted by molar-refractivity contribution is -0.189. The number of hydrogen-bond donors (Lipinski definition) is 0. The summed E-state index contributed by atoms with van der Waals surface area (Å²) in [5.74, 6) is -1.44. The van der Waals surface area contributed by atoms with Gasteiger partial charge in [-0.1, -0.05) is 0 Å². The average molecular weight is 252 g/mol. The van der Waals surface area contributed by atoms with Crippen molar-refractivity contribution in [1.29, 1.82) is 0 Å². The van der Waals surface area contributed by atoms with Crippen LogP contribution < -0.4 is 0 Å². The molecular weight excluding hydrogens is 239 g/mol. The lowest BCUT2D eigenvalue weighted by Gasteiger charge is -2.24. The number of alkyl halides is 1. The van der Waals surface area contributed by atoms with Gasteiger partial charge in [-0.15, -0.1) is 0 Å². The molecule has 3 atom stereocenters. The first-order valence-corrected chi connectivity index (χ1v) is 6.69. The minimum absolute atomic E-state index is 0.0532. The highest BCUT2D eigenvalue weighted by Gasteiger charge is 2.53. The van der Waals surface area contributed by atoms with Crippen LogP contribution in [0.1, 0.15) is 20.3 Å². The molecule has 0 aromatic heterocycles. The van der Waals surface area contributed by atoms with Crippen molar-refractivity contribution in [2.24, 2.45) is 5.92 Å². The van der Waals surface area contributed by atoms with Gasteiger partial charge in [0, 0.05) is 5.92 Å². The topological polar surface area (TPSA) is 69.7 Å². The van der Waals surface area contributed by atoms with Crippen LogP contribution in [0.2, 0.25) is 0 Å². The Kier molecular flexibility index (Phi) is 2.50. The van der Waals surface area contributed by atoms with Crippen LogP contribution in [0.15, 0.2) is 0 Å². The number of hydrogen-bond acceptors (Lipinski definition) is 5. The van der Waals surface area contributed by atoms with Crippen LogP contribution in [-0.4, -0.2) is 37.5 Å². The zero-order valence-electron chi connectivity index (χ0n) is 8.97. The third-order valence-corrected chi connectivity index (χ3v) is 4.72. The Bertz CT molecular complexity index is 410. The van der Waals surface area contributed by atoms with Gasteiger partial charge in [0.15, 0.2) is 15.3 Å². The number of carbonyl (C=O) groups is 1. The van der Waals surface area contributed by atoms with Gasteiger partial charge >= 0.3 is 5.97 Å². The van der Waals surface area contributed by atoms with E-state index in [0.29, 0.717) is 6.42 Å². The van der Waals surface area contributed by atoms with Gasteiger partial charge in [0.2, 0.25) is 12.0 Å². The van der Waals surface area contributed by atoms with E-state index in [9.17, 15) is 17.6 Å². The molecule has 0 spiro atoms. The molecule has 2 aliphatic rings. The molecule has 2 saturated heterocycles. The van der Waals surface area contributed by atoms with Crippen LogP contribution in [0.25, 0.3) is 0 Å². The minimum atomic E-state index is -3.20. The van der Waals surface area contributed by atoms with E-state index in [4.69, 9.17) is 9.47 Å². The third kappa shape index (κ3) is 1.93. The largest absolute Gasteiger partial charge is 0.433 e. The monoisotopic (exact) mass is 252 g/mol. The van der Waals surface area contributed by atoms with Gasteiger partial charge in [-0.05, 0) is 20.3 Å². The molecule has 5 nitrogen and oxygen atoms in total. The van der Waals surface area contributed by atoms with E-state index in [1.54, 1.807) is 0 Å². The summed E-state index contributed by atoms with van der Waals surface area (Å²) < 4.78 is 45.7. The minimum Gasteiger partial charge on any atom is -0.433 e. The normalized spacial score (nSPS) is 36.3. The Morgan fingerprint density at radius 2 is 2.12 bits per heavy atom. The van der Waals surface area contributed by atoms with Crippen molar-refractivity contribution in [2.45, 2.75) is 37.7 Å². The standard InChI is InChI=1S/C9H13FO5S/c1-9(2,10)8(11)15-7-5-3-6(14-7)16(12,13)4-5/h5-7H,3-4H2,1-2H3. The predicted octanol–water partition coefficient (Wildman–Crippen LogP) is 0.395. The fraction of sp³-hybridized carbons (Fsp3) is 0.889. The van der Waals surface area contributed by atoms with Gasteiger partial charge in [-0.3, -0.25) is 0 Å².